The van der Waals surface area contributed by atoms with Crippen molar-refractivity contribution in [1.82, 2.24) is 5.32 Å². The SMILES string of the molecule is CC(C)(C)NCc1cc(OCCC(N)=O)ccc1Br. The van der Waals surface area contributed by atoms with Crippen LogP contribution < -0.4 is 15.8 Å². The maximum absolute atomic E-state index is 10.6. The number of halogens is 1. The average molecular weight is 329 g/mol. The Kier molecular flexibility index (Phi) is 5.82. The van der Waals surface area contributed by atoms with Crippen LogP contribution in [0.25, 0.3) is 0 Å². The summed E-state index contributed by atoms with van der Waals surface area (Å²) in [5.74, 6) is 0.391. The molecule has 19 heavy (non-hydrogen) atoms. The monoisotopic (exact) mass is 328 g/mol. The van der Waals surface area contributed by atoms with Gasteiger partial charge in [0.1, 0.15) is 5.75 Å². The Morgan fingerprint density at radius 3 is 2.68 bits per heavy atom. The topological polar surface area (TPSA) is 64.3 Å². The Hall–Kier alpha value is -1.07. The molecule has 0 unspecified atom stereocenters. The molecular formula is C14H21BrN2O2. The molecule has 0 aromatic heterocycles. The van der Waals surface area contributed by atoms with Gasteiger partial charge in [-0.25, -0.2) is 0 Å². The molecular weight excluding hydrogens is 308 g/mol. The van der Waals surface area contributed by atoms with Crippen LogP contribution in [0.4, 0.5) is 0 Å². The summed E-state index contributed by atoms with van der Waals surface area (Å²) in [6.45, 7) is 7.41. The van der Waals surface area contributed by atoms with Crippen molar-refractivity contribution in [3.63, 3.8) is 0 Å². The highest BCUT2D eigenvalue weighted by molar-refractivity contribution is 9.10. The van der Waals surface area contributed by atoms with Crippen LogP contribution in [0.15, 0.2) is 22.7 Å². The van der Waals surface area contributed by atoms with E-state index >= 15 is 0 Å². The fourth-order valence-electron chi connectivity index (χ4n) is 1.41. The quantitative estimate of drug-likeness (QED) is 0.843. The van der Waals surface area contributed by atoms with Crippen LogP contribution in [0, 0.1) is 0 Å². The van der Waals surface area contributed by atoms with Gasteiger partial charge in [-0.3, -0.25) is 4.79 Å². The number of carbonyl (C=O) groups is 1. The lowest BCUT2D eigenvalue weighted by Crippen LogP contribution is -2.35. The van der Waals surface area contributed by atoms with Gasteiger partial charge in [-0.05, 0) is 44.5 Å². The fourth-order valence-corrected chi connectivity index (χ4v) is 1.79. The molecule has 0 atom stereocenters. The van der Waals surface area contributed by atoms with Gasteiger partial charge in [-0.15, -0.1) is 0 Å². The van der Waals surface area contributed by atoms with Crippen molar-refractivity contribution in [2.45, 2.75) is 39.3 Å². The first kappa shape index (κ1) is 16.0. The smallest absolute Gasteiger partial charge is 0.220 e. The lowest BCUT2D eigenvalue weighted by Gasteiger charge is -2.21. The molecule has 0 aliphatic carbocycles. The van der Waals surface area contributed by atoms with Gasteiger partial charge in [0.25, 0.3) is 0 Å². The molecule has 0 radical (unpaired) electrons. The highest BCUT2D eigenvalue weighted by Crippen LogP contribution is 2.23. The summed E-state index contributed by atoms with van der Waals surface area (Å²) < 4.78 is 6.53. The van der Waals surface area contributed by atoms with E-state index in [2.05, 4.69) is 42.0 Å². The zero-order valence-corrected chi connectivity index (χ0v) is 13.2. The third-order valence-electron chi connectivity index (χ3n) is 2.44. The lowest BCUT2D eigenvalue weighted by molar-refractivity contribution is -0.118. The van der Waals surface area contributed by atoms with Gasteiger partial charge in [0, 0.05) is 16.6 Å². The van der Waals surface area contributed by atoms with Gasteiger partial charge in [-0.1, -0.05) is 15.9 Å². The Morgan fingerprint density at radius 2 is 2.11 bits per heavy atom. The van der Waals surface area contributed by atoms with Crippen LogP contribution in [-0.2, 0) is 11.3 Å². The van der Waals surface area contributed by atoms with Crippen molar-refractivity contribution >= 4 is 21.8 Å². The van der Waals surface area contributed by atoms with Gasteiger partial charge < -0.3 is 15.8 Å². The zero-order valence-electron chi connectivity index (χ0n) is 11.6. The molecule has 0 heterocycles. The molecule has 3 N–H and O–H groups in total. The molecule has 1 aromatic carbocycles. The predicted octanol–water partition coefficient (Wildman–Crippen LogP) is 2.59. The summed E-state index contributed by atoms with van der Waals surface area (Å²) in [5.41, 5.74) is 6.24. The molecule has 1 amide bonds. The first-order valence-corrected chi connectivity index (χ1v) is 7.02. The number of ether oxygens (including phenoxy) is 1. The van der Waals surface area contributed by atoms with Crippen LogP contribution in [-0.4, -0.2) is 18.1 Å². The summed E-state index contributed by atoms with van der Waals surface area (Å²) in [4.78, 5) is 10.6. The molecule has 1 rings (SSSR count). The van der Waals surface area contributed by atoms with E-state index in [-0.39, 0.29) is 17.9 Å². The first-order chi connectivity index (χ1) is 8.78. The lowest BCUT2D eigenvalue weighted by atomic mass is 10.1. The number of rotatable bonds is 6. The summed E-state index contributed by atoms with van der Waals surface area (Å²) in [6.07, 6.45) is 0.228. The molecule has 0 saturated heterocycles. The number of benzene rings is 1. The number of nitrogens with one attached hydrogen (secondary N) is 1. The highest BCUT2D eigenvalue weighted by atomic mass is 79.9. The maximum atomic E-state index is 10.6. The molecule has 106 valence electrons. The second kappa shape index (κ2) is 6.91. The van der Waals surface area contributed by atoms with E-state index in [0.29, 0.717) is 6.61 Å². The van der Waals surface area contributed by atoms with E-state index in [9.17, 15) is 4.79 Å². The van der Waals surface area contributed by atoms with Crippen LogP contribution in [0.3, 0.4) is 0 Å². The minimum atomic E-state index is -0.355. The number of hydrogen-bond donors (Lipinski definition) is 2. The zero-order chi connectivity index (χ0) is 14.5. The second-order valence-electron chi connectivity index (χ2n) is 5.42. The van der Waals surface area contributed by atoms with Gasteiger partial charge in [0.2, 0.25) is 5.91 Å². The van der Waals surface area contributed by atoms with Crippen LogP contribution in [0.5, 0.6) is 5.75 Å². The number of hydrogen-bond acceptors (Lipinski definition) is 3. The molecule has 1 aromatic rings. The normalized spacial score (nSPS) is 11.4. The van der Waals surface area contributed by atoms with E-state index in [0.717, 1.165) is 22.3 Å². The van der Waals surface area contributed by atoms with E-state index < -0.39 is 0 Å². The van der Waals surface area contributed by atoms with Crippen molar-refractivity contribution in [3.05, 3.63) is 28.2 Å². The predicted molar refractivity (Wildman–Crippen MR) is 80.0 cm³/mol. The summed E-state index contributed by atoms with van der Waals surface area (Å²) >= 11 is 3.52. The summed E-state index contributed by atoms with van der Waals surface area (Å²) in [6, 6.07) is 5.77. The Labute approximate surface area is 122 Å². The molecule has 0 bridgehead atoms. The average Bonchev–Trinajstić information content (AvgIpc) is 2.28. The van der Waals surface area contributed by atoms with Crippen molar-refractivity contribution in [1.29, 1.82) is 0 Å². The molecule has 0 aliphatic heterocycles. The standard InChI is InChI=1S/C14H21BrN2O2/c1-14(2,3)17-9-10-8-11(4-5-12(10)15)19-7-6-13(16)18/h4-5,8,17H,6-7,9H2,1-3H3,(H2,16,18). The molecule has 5 heteroatoms. The number of carbonyl (C=O) groups excluding carboxylic acids is 1. The van der Waals surface area contributed by atoms with Crippen LogP contribution >= 0.6 is 15.9 Å². The molecule has 4 nitrogen and oxygen atoms in total. The van der Waals surface area contributed by atoms with Gasteiger partial charge in [0.05, 0.1) is 13.0 Å². The van der Waals surface area contributed by atoms with Crippen LogP contribution in [0.1, 0.15) is 32.8 Å². The van der Waals surface area contributed by atoms with E-state index in [4.69, 9.17) is 10.5 Å². The Bertz CT molecular complexity index is 442. The molecule has 0 saturated carbocycles. The van der Waals surface area contributed by atoms with Crippen LogP contribution in [0.2, 0.25) is 0 Å². The fraction of sp³-hybridized carbons (Fsp3) is 0.500. The van der Waals surface area contributed by atoms with E-state index in [1.807, 2.05) is 18.2 Å². The van der Waals surface area contributed by atoms with Gasteiger partial charge in [-0.2, -0.15) is 0 Å². The summed E-state index contributed by atoms with van der Waals surface area (Å²) in [7, 11) is 0. The van der Waals surface area contributed by atoms with Gasteiger partial charge in [0.15, 0.2) is 0 Å². The van der Waals surface area contributed by atoms with Crippen molar-refractivity contribution in [2.24, 2.45) is 5.73 Å². The number of nitrogens with two attached hydrogens (primary N) is 1. The largest absolute Gasteiger partial charge is 0.493 e. The van der Waals surface area contributed by atoms with Crippen molar-refractivity contribution in [2.75, 3.05) is 6.61 Å². The second-order valence-corrected chi connectivity index (χ2v) is 6.28. The minimum Gasteiger partial charge on any atom is -0.493 e. The summed E-state index contributed by atoms with van der Waals surface area (Å²) in [5, 5.41) is 3.42. The van der Waals surface area contributed by atoms with Crippen molar-refractivity contribution in [3.8, 4) is 5.75 Å². The van der Waals surface area contributed by atoms with Gasteiger partial charge >= 0.3 is 0 Å². The molecule has 0 fully saturated rings. The third-order valence-corrected chi connectivity index (χ3v) is 3.22. The minimum absolute atomic E-state index is 0.0578. The highest BCUT2D eigenvalue weighted by Gasteiger charge is 2.10. The number of amides is 1. The first-order valence-electron chi connectivity index (χ1n) is 6.22. The maximum Gasteiger partial charge on any atom is 0.220 e. The van der Waals surface area contributed by atoms with E-state index in [1.165, 1.54) is 0 Å². The third kappa shape index (κ3) is 6.59. The molecule has 0 aliphatic rings. The van der Waals surface area contributed by atoms with Crippen molar-refractivity contribution < 1.29 is 9.53 Å². The number of primary amides is 1. The van der Waals surface area contributed by atoms with E-state index in [1.54, 1.807) is 0 Å². The Balaban J connectivity index is 2.63. The Morgan fingerprint density at radius 1 is 1.42 bits per heavy atom. The molecule has 0 spiro atoms.